The van der Waals surface area contributed by atoms with Gasteiger partial charge in [0.2, 0.25) is 11.8 Å². The fourth-order valence-corrected chi connectivity index (χ4v) is 5.71. The molecule has 3 rings (SSSR count). The number of hydrogen-bond acceptors (Lipinski definition) is 4. The predicted octanol–water partition coefficient (Wildman–Crippen LogP) is 4.67. The second kappa shape index (κ2) is 12.3. The van der Waals surface area contributed by atoms with E-state index in [-0.39, 0.29) is 17.3 Å². The highest BCUT2D eigenvalue weighted by atomic mass is 32.2. The first kappa shape index (κ1) is 28.9. The van der Waals surface area contributed by atoms with Gasteiger partial charge in [0.25, 0.3) is 10.0 Å². The van der Waals surface area contributed by atoms with Gasteiger partial charge in [0, 0.05) is 13.1 Å². The minimum absolute atomic E-state index is 0.0951. The molecule has 38 heavy (non-hydrogen) atoms. The zero-order chi connectivity index (χ0) is 28.0. The van der Waals surface area contributed by atoms with Crippen LogP contribution in [-0.4, -0.2) is 44.3 Å². The molecule has 0 aliphatic heterocycles. The molecule has 0 saturated carbocycles. The fraction of sp³-hybridized carbons (Fsp3) is 0.333. The van der Waals surface area contributed by atoms with Crippen molar-refractivity contribution in [1.82, 2.24) is 10.2 Å². The Morgan fingerprint density at radius 2 is 1.39 bits per heavy atom. The molecule has 1 atom stereocenters. The Hall–Kier alpha value is -3.65. The van der Waals surface area contributed by atoms with Crippen LogP contribution in [0, 0.1) is 27.7 Å². The number of benzene rings is 3. The maximum Gasteiger partial charge on any atom is 0.264 e. The number of likely N-dealkylation sites (N-methyl/N-ethyl adjacent to an activating group) is 1. The number of sulfonamides is 1. The first-order valence-corrected chi connectivity index (χ1v) is 14.2. The zero-order valence-electron chi connectivity index (χ0n) is 23.0. The summed E-state index contributed by atoms with van der Waals surface area (Å²) in [6.45, 7) is 11.2. The molecule has 0 aliphatic carbocycles. The minimum atomic E-state index is -4.08. The van der Waals surface area contributed by atoms with E-state index in [1.165, 1.54) is 4.90 Å². The molecule has 0 aliphatic rings. The van der Waals surface area contributed by atoms with Crippen LogP contribution in [0.4, 0.5) is 5.69 Å². The molecule has 1 N–H and O–H groups in total. The predicted molar refractivity (Wildman–Crippen MR) is 152 cm³/mol. The quantitative estimate of drug-likeness (QED) is 0.409. The van der Waals surface area contributed by atoms with Crippen molar-refractivity contribution in [3.8, 4) is 0 Å². The van der Waals surface area contributed by atoms with Gasteiger partial charge in [-0.15, -0.1) is 0 Å². The summed E-state index contributed by atoms with van der Waals surface area (Å²) >= 11 is 0. The van der Waals surface area contributed by atoms with E-state index in [0.29, 0.717) is 12.2 Å². The lowest BCUT2D eigenvalue weighted by atomic mass is 10.1. The van der Waals surface area contributed by atoms with E-state index in [2.05, 4.69) is 5.32 Å². The van der Waals surface area contributed by atoms with Gasteiger partial charge in [0.15, 0.2) is 0 Å². The molecule has 202 valence electrons. The van der Waals surface area contributed by atoms with Crippen molar-refractivity contribution in [2.75, 3.05) is 17.4 Å². The van der Waals surface area contributed by atoms with Crippen LogP contribution < -0.4 is 9.62 Å². The molecular weight excluding hydrogens is 498 g/mol. The van der Waals surface area contributed by atoms with Gasteiger partial charge in [-0.05, 0) is 70.9 Å². The summed E-state index contributed by atoms with van der Waals surface area (Å²) in [5.41, 5.74) is 4.99. The number of nitrogens with one attached hydrogen (secondary N) is 1. The Balaban J connectivity index is 2.06. The number of carbonyl (C=O) groups is 2. The Morgan fingerprint density at radius 3 is 1.95 bits per heavy atom. The fourth-order valence-electron chi connectivity index (χ4n) is 4.23. The minimum Gasteiger partial charge on any atom is -0.355 e. The summed E-state index contributed by atoms with van der Waals surface area (Å²) < 4.78 is 29.0. The van der Waals surface area contributed by atoms with E-state index < -0.39 is 28.5 Å². The maximum atomic E-state index is 13.9. The van der Waals surface area contributed by atoms with Gasteiger partial charge < -0.3 is 10.2 Å². The van der Waals surface area contributed by atoms with Crippen molar-refractivity contribution in [1.29, 1.82) is 0 Å². The number of anilines is 1. The lowest BCUT2D eigenvalue weighted by molar-refractivity contribution is -0.139. The maximum absolute atomic E-state index is 13.9. The number of carbonyl (C=O) groups excluding carboxylic acids is 2. The number of nitrogens with zero attached hydrogens (tertiary/aromatic N) is 2. The second-order valence-corrected chi connectivity index (χ2v) is 11.6. The van der Waals surface area contributed by atoms with Crippen LogP contribution in [0.2, 0.25) is 0 Å². The molecule has 8 heteroatoms. The van der Waals surface area contributed by atoms with Crippen molar-refractivity contribution >= 4 is 27.5 Å². The summed E-state index contributed by atoms with van der Waals surface area (Å²) in [4.78, 5) is 28.2. The molecule has 0 unspecified atom stereocenters. The van der Waals surface area contributed by atoms with Crippen LogP contribution in [0.15, 0.2) is 71.6 Å². The molecule has 0 saturated heterocycles. The Kier molecular flexibility index (Phi) is 9.33. The van der Waals surface area contributed by atoms with E-state index in [9.17, 15) is 18.0 Å². The highest BCUT2D eigenvalue weighted by Crippen LogP contribution is 2.28. The van der Waals surface area contributed by atoms with Crippen LogP contribution in [0.25, 0.3) is 0 Å². The van der Waals surface area contributed by atoms with E-state index in [4.69, 9.17) is 0 Å². The largest absolute Gasteiger partial charge is 0.355 e. The van der Waals surface area contributed by atoms with Crippen molar-refractivity contribution in [2.45, 2.75) is 59.0 Å². The molecule has 7 nitrogen and oxygen atoms in total. The second-order valence-electron chi connectivity index (χ2n) is 9.69. The van der Waals surface area contributed by atoms with Gasteiger partial charge in [-0.3, -0.25) is 13.9 Å². The van der Waals surface area contributed by atoms with Crippen molar-refractivity contribution in [3.63, 3.8) is 0 Å². The lowest BCUT2D eigenvalue weighted by Gasteiger charge is -2.32. The third kappa shape index (κ3) is 6.81. The summed E-state index contributed by atoms with van der Waals surface area (Å²) in [6, 6.07) is 18.9. The third-order valence-electron chi connectivity index (χ3n) is 6.50. The average Bonchev–Trinajstić information content (AvgIpc) is 2.87. The van der Waals surface area contributed by atoms with Gasteiger partial charge in [-0.1, -0.05) is 65.2 Å². The Bertz CT molecular complexity index is 1380. The van der Waals surface area contributed by atoms with E-state index in [0.717, 1.165) is 32.1 Å². The highest BCUT2D eigenvalue weighted by Gasteiger charge is 2.33. The van der Waals surface area contributed by atoms with Crippen LogP contribution in [0.5, 0.6) is 0 Å². The van der Waals surface area contributed by atoms with E-state index in [1.807, 2.05) is 71.0 Å². The first-order chi connectivity index (χ1) is 17.9. The van der Waals surface area contributed by atoms with Crippen molar-refractivity contribution < 1.29 is 18.0 Å². The third-order valence-corrected chi connectivity index (χ3v) is 8.27. The molecule has 3 aromatic rings. The molecular formula is C30H37N3O4S. The lowest BCUT2D eigenvalue weighted by Crippen LogP contribution is -2.51. The molecule has 0 bridgehead atoms. The summed E-state index contributed by atoms with van der Waals surface area (Å²) in [6.07, 6.45) is 0. The van der Waals surface area contributed by atoms with Gasteiger partial charge in [-0.25, -0.2) is 8.42 Å². The standard InChI is InChI=1S/C30H37N3O4S/c1-7-31-30(35)25(6)32(19-26-13-8-21(2)9-14-26)29(34)20-33(28-17-12-23(4)18-24(28)5)38(36,37)27-15-10-22(3)11-16-27/h8-18,25H,7,19-20H2,1-6H3,(H,31,35)/t25-/m1/s1. The Labute approximate surface area is 226 Å². The van der Waals surface area contributed by atoms with Crippen LogP contribution >= 0.6 is 0 Å². The highest BCUT2D eigenvalue weighted by molar-refractivity contribution is 7.92. The monoisotopic (exact) mass is 535 g/mol. The molecule has 3 aromatic carbocycles. The molecule has 0 aromatic heterocycles. The smallest absolute Gasteiger partial charge is 0.264 e. The van der Waals surface area contributed by atoms with Crippen LogP contribution in [-0.2, 0) is 26.2 Å². The average molecular weight is 536 g/mol. The molecule has 2 amide bonds. The Morgan fingerprint density at radius 1 is 0.842 bits per heavy atom. The van der Waals surface area contributed by atoms with Crippen LogP contribution in [0.3, 0.4) is 0 Å². The van der Waals surface area contributed by atoms with E-state index >= 15 is 0 Å². The number of aryl methyl sites for hydroxylation is 4. The van der Waals surface area contributed by atoms with Crippen molar-refractivity contribution in [2.24, 2.45) is 0 Å². The summed E-state index contributed by atoms with van der Waals surface area (Å²) in [5.74, 6) is -0.771. The number of hydrogen-bond donors (Lipinski definition) is 1. The summed E-state index contributed by atoms with van der Waals surface area (Å²) in [5, 5.41) is 2.77. The van der Waals surface area contributed by atoms with Crippen LogP contribution in [0.1, 0.15) is 41.7 Å². The van der Waals surface area contributed by atoms with Crippen molar-refractivity contribution in [3.05, 3.63) is 94.5 Å². The van der Waals surface area contributed by atoms with E-state index in [1.54, 1.807) is 37.3 Å². The number of rotatable bonds is 10. The van der Waals surface area contributed by atoms with Gasteiger partial charge in [-0.2, -0.15) is 0 Å². The molecule has 0 fully saturated rings. The zero-order valence-corrected chi connectivity index (χ0v) is 23.8. The normalized spacial score (nSPS) is 12.1. The topological polar surface area (TPSA) is 86.8 Å². The molecule has 0 heterocycles. The summed E-state index contributed by atoms with van der Waals surface area (Å²) in [7, 11) is -4.08. The first-order valence-electron chi connectivity index (χ1n) is 12.7. The number of amides is 2. The van der Waals surface area contributed by atoms with Gasteiger partial charge in [0.1, 0.15) is 12.6 Å². The van der Waals surface area contributed by atoms with Gasteiger partial charge in [0.05, 0.1) is 10.6 Å². The van der Waals surface area contributed by atoms with Gasteiger partial charge >= 0.3 is 0 Å². The molecule has 0 radical (unpaired) electrons. The SMILES string of the molecule is CCNC(=O)[C@@H](C)N(Cc1ccc(C)cc1)C(=O)CN(c1ccc(C)cc1C)S(=O)(=O)c1ccc(C)cc1. The molecule has 0 spiro atoms.